The van der Waals surface area contributed by atoms with E-state index in [1.165, 1.54) is 18.5 Å². The first-order valence-corrected chi connectivity index (χ1v) is 6.02. The summed E-state index contributed by atoms with van der Waals surface area (Å²) >= 11 is 0. The van der Waals surface area contributed by atoms with Crippen LogP contribution in [0.15, 0.2) is 12.3 Å². The summed E-state index contributed by atoms with van der Waals surface area (Å²) in [6.07, 6.45) is 5.52. The normalized spacial score (nSPS) is 13.0. The predicted molar refractivity (Wildman–Crippen MR) is 63.8 cm³/mol. The molecule has 1 N–H and O–H groups in total. The van der Waals surface area contributed by atoms with E-state index in [1.54, 1.807) is 0 Å². The van der Waals surface area contributed by atoms with Crippen LogP contribution < -0.4 is 5.32 Å². The second-order valence-electron chi connectivity index (χ2n) is 4.05. The minimum atomic E-state index is 0.503. The highest BCUT2D eigenvalue weighted by atomic mass is 15.3. The maximum absolute atomic E-state index is 4.36. The molecule has 0 aliphatic heterocycles. The molecule has 1 heterocycles. The SMILES string of the molecule is CCCCNCc1ccnn1[C@H](C)CC. The molecule has 0 amide bonds. The molecular weight excluding hydrogens is 186 g/mol. The van der Waals surface area contributed by atoms with E-state index in [0.29, 0.717) is 6.04 Å². The molecular formula is C12H23N3. The topological polar surface area (TPSA) is 29.9 Å². The first-order valence-electron chi connectivity index (χ1n) is 6.02. The van der Waals surface area contributed by atoms with E-state index in [4.69, 9.17) is 0 Å². The maximum Gasteiger partial charge on any atom is 0.0525 e. The number of nitrogens with zero attached hydrogens (tertiary/aromatic N) is 2. The van der Waals surface area contributed by atoms with E-state index in [0.717, 1.165) is 19.5 Å². The van der Waals surface area contributed by atoms with Gasteiger partial charge in [-0.05, 0) is 32.4 Å². The summed E-state index contributed by atoms with van der Waals surface area (Å²) < 4.78 is 2.12. The third kappa shape index (κ3) is 3.67. The summed E-state index contributed by atoms with van der Waals surface area (Å²) in [5, 5.41) is 7.81. The molecule has 0 aliphatic rings. The molecule has 3 heteroatoms. The Kier molecular flexibility index (Phi) is 5.40. The molecule has 0 unspecified atom stereocenters. The minimum absolute atomic E-state index is 0.503. The van der Waals surface area contributed by atoms with Crippen LogP contribution in [0.5, 0.6) is 0 Å². The van der Waals surface area contributed by atoms with Crippen LogP contribution in [-0.4, -0.2) is 16.3 Å². The average Bonchev–Trinajstić information content (AvgIpc) is 2.71. The van der Waals surface area contributed by atoms with Crippen LogP contribution in [0.4, 0.5) is 0 Å². The van der Waals surface area contributed by atoms with Crippen molar-refractivity contribution in [2.24, 2.45) is 0 Å². The number of unbranched alkanes of at least 4 members (excludes halogenated alkanes) is 1. The van der Waals surface area contributed by atoms with Gasteiger partial charge >= 0.3 is 0 Å². The van der Waals surface area contributed by atoms with Gasteiger partial charge in [-0.2, -0.15) is 5.10 Å². The van der Waals surface area contributed by atoms with Crippen molar-refractivity contribution in [1.29, 1.82) is 0 Å². The zero-order valence-corrected chi connectivity index (χ0v) is 10.2. The third-order valence-corrected chi connectivity index (χ3v) is 2.77. The van der Waals surface area contributed by atoms with Crippen molar-refractivity contribution in [2.45, 2.75) is 52.6 Å². The van der Waals surface area contributed by atoms with Gasteiger partial charge in [-0.1, -0.05) is 20.3 Å². The average molecular weight is 209 g/mol. The first kappa shape index (κ1) is 12.2. The van der Waals surface area contributed by atoms with Crippen molar-refractivity contribution in [3.8, 4) is 0 Å². The predicted octanol–water partition coefficient (Wildman–Crippen LogP) is 2.74. The molecule has 0 saturated heterocycles. The van der Waals surface area contributed by atoms with E-state index in [-0.39, 0.29) is 0 Å². The fourth-order valence-electron chi connectivity index (χ4n) is 1.57. The van der Waals surface area contributed by atoms with Gasteiger partial charge in [0.25, 0.3) is 0 Å². The molecule has 0 radical (unpaired) electrons. The van der Waals surface area contributed by atoms with Gasteiger partial charge in [0.1, 0.15) is 0 Å². The van der Waals surface area contributed by atoms with Crippen molar-refractivity contribution in [3.05, 3.63) is 18.0 Å². The number of hydrogen-bond acceptors (Lipinski definition) is 2. The Morgan fingerprint density at radius 1 is 1.47 bits per heavy atom. The summed E-state index contributed by atoms with van der Waals surface area (Å²) in [5.74, 6) is 0. The Labute approximate surface area is 92.9 Å². The lowest BCUT2D eigenvalue weighted by Gasteiger charge is -2.14. The highest BCUT2D eigenvalue weighted by Gasteiger charge is 2.07. The zero-order chi connectivity index (χ0) is 11.1. The lowest BCUT2D eigenvalue weighted by Crippen LogP contribution is -2.19. The summed E-state index contributed by atoms with van der Waals surface area (Å²) in [5.41, 5.74) is 1.29. The zero-order valence-electron chi connectivity index (χ0n) is 10.2. The molecule has 0 bridgehead atoms. The minimum Gasteiger partial charge on any atom is -0.311 e. The molecule has 0 aliphatic carbocycles. The van der Waals surface area contributed by atoms with Gasteiger partial charge in [0, 0.05) is 18.8 Å². The van der Waals surface area contributed by atoms with Crippen molar-refractivity contribution >= 4 is 0 Å². The van der Waals surface area contributed by atoms with Gasteiger partial charge in [-0.25, -0.2) is 0 Å². The Hall–Kier alpha value is -0.830. The number of hydrogen-bond donors (Lipinski definition) is 1. The Morgan fingerprint density at radius 3 is 2.93 bits per heavy atom. The monoisotopic (exact) mass is 209 g/mol. The highest BCUT2D eigenvalue weighted by Crippen LogP contribution is 2.11. The van der Waals surface area contributed by atoms with Crippen LogP contribution in [0.3, 0.4) is 0 Å². The van der Waals surface area contributed by atoms with Gasteiger partial charge < -0.3 is 5.32 Å². The Morgan fingerprint density at radius 2 is 2.27 bits per heavy atom. The Balaban J connectivity index is 2.43. The van der Waals surface area contributed by atoms with Crippen LogP contribution in [0, 0.1) is 0 Å². The van der Waals surface area contributed by atoms with Crippen molar-refractivity contribution in [1.82, 2.24) is 15.1 Å². The molecule has 0 aromatic carbocycles. The third-order valence-electron chi connectivity index (χ3n) is 2.77. The standard InChI is InChI=1S/C12H23N3/c1-4-6-8-13-10-12-7-9-14-15(12)11(3)5-2/h7,9,11,13H,4-6,8,10H2,1-3H3/t11-/m1/s1. The van der Waals surface area contributed by atoms with Crippen molar-refractivity contribution in [2.75, 3.05) is 6.54 Å². The molecule has 0 fully saturated rings. The van der Waals surface area contributed by atoms with Crippen LogP contribution >= 0.6 is 0 Å². The van der Waals surface area contributed by atoms with Gasteiger partial charge in [-0.3, -0.25) is 4.68 Å². The van der Waals surface area contributed by atoms with Crippen molar-refractivity contribution in [3.63, 3.8) is 0 Å². The van der Waals surface area contributed by atoms with E-state index in [9.17, 15) is 0 Å². The lowest BCUT2D eigenvalue weighted by atomic mass is 10.2. The maximum atomic E-state index is 4.36. The summed E-state index contributed by atoms with van der Waals surface area (Å²) in [4.78, 5) is 0. The van der Waals surface area contributed by atoms with Gasteiger partial charge in [0.05, 0.1) is 5.69 Å². The molecule has 0 spiro atoms. The first-order chi connectivity index (χ1) is 7.29. The summed E-state index contributed by atoms with van der Waals surface area (Å²) in [6, 6.07) is 2.61. The molecule has 1 aromatic heterocycles. The molecule has 1 aromatic rings. The molecule has 1 rings (SSSR count). The smallest absolute Gasteiger partial charge is 0.0525 e. The molecule has 0 saturated carbocycles. The van der Waals surface area contributed by atoms with E-state index >= 15 is 0 Å². The number of rotatable bonds is 7. The van der Waals surface area contributed by atoms with E-state index < -0.39 is 0 Å². The van der Waals surface area contributed by atoms with Gasteiger partial charge in [0.15, 0.2) is 0 Å². The molecule has 1 atom stereocenters. The van der Waals surface area contributed by atoms with Crippen LogP contribution in [0.2, 0.25) is 0 Å². The fraction of sp³-hybridized carbons (Fsp3) is 0.750. The van der Waals surface area contributed by atoms with Gasteiger partial charge in [-0.15, -0.1) is 0 Å². The highest BCUT2D eigenvalue weighted by molar-refractivity contribution is 5.01. The number of aromatic nitrogens is 2. The molecule has 86 valence electrons. The van der Waals surface area contributed by atoms with Crippen LogP contribution in [0.1, 0.15) is 51.8 Å². The Bertz CT molecular complexity index is 268. The lowest BCUT2D eigenvalue weighted by molar-refractivity contribution is 0.451. The second kappa shape index (κ2) is 6.62. The summed E-state index contributed by atoms with van der Waals surface area (Å²) in [6.45, 7) is 8.65. The molecule has 15 heavy (non-hydrogen) atoms. The fourth-order valence-corrected chi connectivity index (χ4v) is 1.57. The van der Waals surface area contributed by atoms with Crippen LogP contribution in [0.25, 0.3) is 0 Å². The largest absolute Gasteiger partial charge is 0.311 e. The van der Waals surface area contributed by atoms with E-state index in [2.05, 4.69) is 41.9 Å². The number of nitrogens with one attached hydrogen (secondary N) is 1. The molecule has 3 nitrogen and oxygen atoms in total. The van der Waals surface area contributed by atoms with Gasteiger partial charge in [0.2, 0.25) is 0 Å². The quantitative estimate of drug-likeness (QED) is 0.700. The van der Waals surface area contributed by atoms with E-state index in [1.807, 2.05) is 6.20 Å². The van der Waals surface area contributed by atoms with Crippen molar-refractivity contribution < 1.29 is 0 Å². The van der Waals surface area contributed by atoms with Crippen LogP contribution in [-0.2, 0) is 6.54 Å². The summed E-state index contributed by atoms with van der Waals surface area (Å²) in [7, 11) is 0. The second-order valence-corrected chi connectivity index (χ2v) is 4.05.